The van der Waals surface area contributed by atoms with E-state index in [2.05, 4.69) is 24.1 Å². The molecule has 18 heavy (non-hydrogen) atoms. The summed E-state index contributed by atoms with van der Waals surface area (Å²) in [5.74, 6) is 1.59. The molecule has 1 saturated carbocycles. The first-order chi connectivity index (χ1) is 8.54. The van der Waals surface area contributed by atoms with E-state index in [-0.39, 0.29) is 0 Å². The van der Waals surface area contributed by atoms with Crippen molar-refractivity contribution in [2.45, 2.75) is 39.2 Å². The van der Waals surface area contributed by atoms with Crippen LogP contribution in [-0.2, 0) is 0 Å². The van der Waals surface area contributed by atoms with Gasteiger partial charge in [-0.15, -0.1) is 0 Å². The maximum absolute atomic E-state index is 5.60. The first-order valence-electron chi connectivity index (χ1n) is 6.57. The van der Waals surface area contributed by atoms with E-state index in [4.69, 9.17) is 18.0 Å². The summed E-state index contributed by atoms with van der Waals surface area (Å²) in [6.45, 7) is 4.66. The number of thiocarbonyl (C=S) groups is 1. The first-order valence-corrected chi connectivity index (χ1v) is 6.98. The van der Waals surface area contributed by atoms with Crippen molar-refractivity contribution < 1.29 is 0 Å². The molecule has 1 aliphatic rings. The average molecular weight is 263 g/mol. The third-order valence-electron chi connectivity index (χ3n) is 3.56. The lowest BCUT2D eigenvalue weighted by Gasteiger charge is -2.32. The molecule has 0 aliphatic heterocycles. The first kappa shape index (κ1) is 13.3. The van der Waals surface area contributed by atoms with Crippen LogP contribution in [0.4, 0.5) is 5.69 Å². The Morgan fingerprint density at radius 2 is 2.00 bits per heavy atom. The van der Waals surface area contributed by atoms with Gasteiger partial charge in [-0.1, -0.05) is 26.1 Å². The monoisotopic (exact) mass is 263 g/mol. The number of nitrogens with one attached hydrogen (secondary N) is 1. The van der Waals surface area contributed by atoms with E-state index in [1.807, 2.05) is 12.1 Å². The summed E-state index contributed by atoms with van der Waals surface area (Å²) in [6, 6.07) is 4.46. The Morgan fingerprint density at radius 3 is 2.61 bits per heavy atom. The fourth-order valence-electron chi connectivity index (χ4n) is 2.96. The lowest BCUT2D eigenvalue weighted by atomic mass is 9.80. The van der Waals surface area contributed by atoms with Crippen molar-refractivity contribution in [2.24, 2.45) is 17.6 Å². The van der Waals surface area contributed by atoms with Gasteiger partial charge in [0.05, 0.1) is 5.69 Å². The Hall–Kier alpha value is -1.16. The Kier molecular flexibility index (Phi) is 4.17. The van der Waals surface area contributed by atoms with Gasteiger partial charge >= 0.3 is 0 Å². The average Bonchev–Trinajstić information content (AvgIpc) is 2.27. The van der Waals surface area contributed by atoms with E-state index in [1.54, 1.807) is 6.20 Å². The molecule has 2 rings (SSSR count). The number of pyridine rings is 1. The van der Waals surface area contributed by atoms with E-state index in [1.165, 1.54) is 19.3 Å². The highest BCUT2D eigenvalue weighted by Crippen LogP contribution is 2.30. The summed E-state index contributed by atoms with van der Waals surface area (Å²) < 4.78 is 0. The second kappa shape index (κ2) is 5.65. The Balaban J connectivity index is 2.04. The molecule has 1 aromatic rings. The summed E-state index contributed by atoms with van der Waals surface area (Å²) in [4.78, 5) is 4.51. The van der Waals surface area contributed by atoms with Crippen LogP contribution in [0.3, 0.4) is 0 Å². The van der Waals surface area contributed by atoms with Crippen LogP contribution in [0.1, 0.15) is 38.8 Å². The number of nitrogens with zero attached hydrogens (tertiary/aromatic N) is 1. The second-order valence-corrected chi connectivity index (χ2v) is 5.99. The zero-order chi connectivity index (χ0) is 13.1. The third kappa shape index (κ3) is 3.42. The number of aromatic nitrogens is 1. The zero-order valence-corrected chi connectivity index (χ0v) is 11.8. The largest absolute Gasteiger partial charge is 0.388 e. The SMILES string of the molecule is CC1CC(C)CC(Nc2ccnc(C(N)=S)c2)C1. The normalized spacial score (nSPS) is 27.8. The molecule has 1 aromatic heterocycles. The zero-order valence-electron chi connectivity index (χ0n) is 11.0. The van der Waals surface area contributed by atoms with Crippen molar-refractivity contribution in [3.05, 3.63) is 24.0 Å². The van der Waals surface area contributed by atoms with Crippen molar-refractivity contribution in [3.63, 3.8) is 0 Å². The van der Waals surface area contributed by atoms with Gasteiger partial charge in [0.2, 0.25) is 0 Å². The van der Waals surface area contributed by atoms with E-state index in [0.29, 0.717) is 16.7 Å². The molecule has 98 valence electrons. The van der Waals surface area contributed by atoms with Gasteiger partial charge < -0.3 is 11.1 Å². The minimum Gasteiger partial charge on any atom is -0.388 e. The lowest BCUT2D eigenvalue weighted by Crippen LogP contribution is -2.30. The summed E-state index contributed by atoms with van der Waals surface area (Å²) in [5, 5.41) is 3.58. The molecule has 1 fully saturated rings. The minimum absolute atomic E-state index is 0.351. The third-order valence-corrected chi connectivity index (χ3v) is 3.77. The second-order valence-electron chi connectivity index (χ2n) is 5.55. The molecular formula is C14H21N3S. The molecule has 3 N–H and O–H groups in total. The Morgan fingerprint density at radius 1 is 1.33 bits per heavy atom. The lowest BCUT2D eigenvalue weighted by molar-refractivity contribution is 0.281. The minimum atomic E-state index is 0.351. The molecule has 0 saturated heterocycles. The number of hydrogen-bond acceptors (Lipinski definition) is 3. The standard InChI is InChI=1S/C14H21N3S/c1-9-5-10(2)7-12(6-9)17-11-3-4-16-13(8-11)14(15)18/h3-4,8-10,12H,5-7H2,1-2H3,(H2,15,18)(H,16,17). The van der Waals surface area contributed by atoms with Gasteiger partial charge in [0, 0.05) is 17.9 Å². The van der Waals surface area contributed by atoms with Crippen LogP contribution in [0.5, 0.6) is 0 Å². The van der Waals surface area contributed by atoms with Crippen LogP contribution in [-0.4, -0.2) is 16.0 Å². The molecule has 0 bridgehead atoms. The van der Waals surface area contributed by atoms with Crippen LogP contribution in [0.15, 0.2) is 18.3 Å². The molecule has 3 nitrogen and oxygen atoms in total. The molecule has 4 heteroatoms. The van der Waals surface area contributed by atoms with Crippen LogP contribution in [0.25, 0.3) is 0 Å². The number of rotatable bonds is 3. The topological polar surface area (TPSA) is 50.9 Å². The van der Waals surface area contributed by atoms with Crippen molar-refractivity contribution in [1.29, 1.82) is 0 Å². The van der Waals surface area contributed by atoms with Crippen molar-refractivity contribution >= 4 is 22.9 Å². The van der Waals surface area contributed by atoms with Crippen LogP contribution < -0.4 is 11.1 Å². The molecular weight excluding hydrogens is 242 g/mol. The molecule has 0 aromatic carbocycles. The van der Waals surface area contributed by atoms with Crippen molar-refractivity contribution in [2.75, 3.05) is 5.32 Å². The van der Waals surface area contributed by atoms with Gasteiger partial charge in [-0.3, -0.25) is 4.98 Å². The predicted octanol–water partition coefficient (Wildman–Crippen LogP) is 2.95. The quantitative estimate of drug-likeness (QED) is 0.823. The molecule has 2 unspecified atom stereocenters. The van der Waals surface area contributed by atoms with Gasteiger partial charge in [0.15, 0.2) is 0 Å². The molecule has 1 aliphatic carbocycles. The van der Waals surface area contributed by atoms with E-state index < -0.39 is 0 Å². The highest BCUT2D eigenvalue weighted by atomic mass is 32.1. The van der Waals surface area contributed by atoms with E-state index in [0.717, 1.165) is 17.5 Å². The molecule has 0 amide bonds. The van der Waals surface area contributed by atoms with Gasteiger partial charge in [-0.2, -0.15) is 0 Å². The molecule has 0 radical (unpaired) electrons. The van der Waals surface area contributed by atoms with Crippen molar-refractivity contribution in [1.82, 2.24) is 4.98 Å². The summed E-state index contributed by atoms with van der Waals surface area (Å²) in [6.07, 6.45) is 5.56. The highest BCUT2D eigenvalue weighted by molar-refractivity contribution is 7.80. The Labute approximate surface area is 114 Å². The predicted molar refractivity (Wildman–Crippen MR) is 79.7 cm³/mol. The summed E-state index contributed by atoms with van der Waals surface area (Å²) in [7, 11) is 0. The molecule has 1 heterocycles. The fraction of sp³-hybridized carbons (Fsp3) is 0.571. The van der Waals surface area contributed by atoms with E-state index >= 15 is 0 Å². The summed E-state index contributed by atoms with van der Waals surface area (Å²) >= 11 is 4.95. The molecule has 2 atom stereocenters. The van der Waals surface area contributed by atoms with Crippen molar-refractivity contribution in [3.8, 4) is 0 Å². The van der Waals surface area contributed by atoms with Crippen LogP contribution in [0, 0.1) is 11.8 Å². The fourth-order valence-corrected chi connectivity index (χ4v) is 3.07. The van der Waals surface area contributed by atoms with Gasteiger partial charge in [-0.05, 0) is 43.2 Å². The molecule has 0 spiro atoms. The highest BCUT2D eigenvalue weighted by Gasteiger charge is 2.23. The maximum atomic E-state index is 5.60. The smallest absolute Gasteiger partial charge is 0.122 e. The van der Waals surface area contributed by atoms with Gasteiger partial charge in [0.1, 0.15) is 4.99 Å². The van der Waals surface area contributed by atoms with Crippen LogP contribution >= 0.6 is 12.2 Å². The Bertz CT molecular complexity index is 423. The van der Waals surface area contributed by atoms with Crippen LogP contribution in [0.2, 0.25) is 0 Å². The summed E-state index contributed by atoms with van der Waals surface area (Å²) in [5.41, 5.74) is 7.36. The van der Waals surface area contributed by atoms with E-state index in [9.17, 15) is 0 Å². The maximum Gasteiger partial charge on any atom is 0.122 e. The number of nitrogens with two attached hydrogens (primary N) is 1. The number of hydrogen-bond donors (Lipinski definition) is 2. The van der Waals surface area contributed by atoms with Gasteiger partial charge in [-0.25, -0.2) is 0 Å². The van der Waals surface area contributed by atoms with Gasteiger partial charge in [0.25, 0.3) is 0 Å². The number of anilines is 1.